The highest BCUT2D eigenvalue weighted by Gasteiger charge is 2.15. The SMILES string of the molecule is CCOc1ccc(CCNC(=O)c2nn(-c3ccccc3)c(C)cc2=O)cc1OCC. The zero-order valence-corrected chi connectivity index (χ0v) is 18.1. The molecule has 0 aliphatic heterocycles. The summed E-state index contributed by atoms with van der Waals surface area (Å²) in [4.78, 5) is 25.0. The van der Waals surface area contributed by atoms with E-state index < -0.39 is 11.3 Å². The van der Waals surface area contributed by atoms with Crippen molar-refractivity contribution in [2.45, 2.75) is 27.2 Å². The summed E-state index contributed by atoms with van der Waals surface area (Å²) in [6.07, 6.45) is 0.580. The second kappa shape index (κ2) is 10.4. The van der Waals surface area contributed by atoms with Crippen molar-refractivity contribution in [3.8, 4) is 17.2 Å². The normalized spacial score (nSPS) is 10.5. The van der Waals surface area contributed by atoms with Gasteiger partial charge in [-0.1, -0.05) is 24.3 Å². The minimum Gasteiger partial charge on any atom is -0.490 e. The fraction of sp³-hybridized carbons (Fsp3) is 0.292. The maximum atomic E-state index is 12.6. The summed E-state index contributed by atoms with van der Waals surface area (Å²) in [5, 5.41) is 7.08. The van der Waals surface area contributed by atoms with Crippen molar-refractivity contribution in [3.05, 3.63) is 81.8 Å². The number of nitrogens with zero attached hydrogens (tertiary/aromatic N) is 2. The Hall–Kier alpha value is -3.61. The molecule has 3 rings (SSSR count). The van der Waals surface area contributed by atoms with Gasteiger partial charge >= 0.3 is 0 Å². The average molecular weight is 421 g/mol. The number of benzene rings is 2. The van der Waals surface area contributed by atoms with Crippen LogP contribution in [0.2, 0.25) is 0 Å². The van der Waals surface area contributed by atoms with Gasteiger partial charge in [0, 0.05) is 18.3 Å². The predicted octanol–water partition coefficient (Wildman–Crippen LogP) is 3.31. The minimum absolute atomic E-state index is 0.129. The predicted molar refractivity (Wildman–Crippen MR) is 119 cm³/mol. The first kappa shape index (κ1) is 22.1. The van der Waals surface area contributed by atoms with Crippen molar-refractivity contribution in [3.63, 3.8) is 0 Å². The quantitative estimate of drug-likeness (QED) is 0.573. The van der Waals surface area contributed by atoms with Gasteiger partial charge < -0.3 is 14.8 Å². The summed E-state index contributed by atoms with van der Waals surface area (Å²) < 4.78 is 12.8. The van der Waals surface area contributed by atoms with Crippen LogP contribution >= 0.6 is 0 Å². The second-order valence-electron chi connectivity index (χ2n) is 6.90. The van der Waals surface area contributed by atoms with Crippen molar-refractivity contribution in [2.24, 2.45) is 0 Å². The van der Waals surface area contributed by atoms with Gasteiger partial charge in [0.25, 0.3) is 5.91 Å². The third-order valence-electron chi connectivity index (χ3n) is 4.63. The zero-order valence-electron chi connectivity index (χ0n) is 18.1. The highest BCUT2D eigenvalue weighted by Crippen LogP contribution is 2.28. The van der Waals surface area contributed by atoms with Crippen LogP contribution in [0.5, 0.6) is 11.5 Å². The molecule has 0 aliphatic carbocycles. The lowest BCUT2D eigenvalue weighted by Crippen LogP contribution is -2.33. The Morgan fingerprint density at radius 2 is 1.71 bits per heavy atom. The van der Waals surface area contributed by atoms with Crippen LogP contribution in [0.4, 0.5) is 0 Å². The Balaban J connectivity index is 1.70. The molecule has 1 N–H and O–H groups in total. The molecule has 31 heavy (non-hydrogen) atoms. The first-order valence-corrected chi connectivity index (χ1v) is 10.4. The lowest BCUT2D eigenvalue weighted by molar-refractivity contribution is 0.0946. The lowest BCUT2D eigenvalue weighted by atomic mass is 10.1. The highest BCUT2D eigenvalue weighted by atomic mass is 16.5. The van der Waals surface area contributed by atoms with Crippen molar-refractivity contribution in [2.75, 3.05) is 19.8 Å². The molecule has 3 aromatic rings. The van der Waals surface area contributed by atoms with E-state index in [1.165, 1.54) is 6.07 Å². The molecule has 0 unspecified atom stereocenters. The Bertz CT molecular complexity index is 1090. The number of carbonyl (C=O) groups excluding carboxylic acids is 1. The van der Waals surface area contributed by atoms with Gasteiger partial charge in [0.1, 0.15) is 0 Å². The van der Waals surface area contributed by atoms with Gasteiger partial charge in [-0.25, -0.2) is 4.68 Å². The third-order valence-corrected chi connectivity index (χ3v) is 4.63. The van der Waals surface area contributed by atoms with E-state index in [0.717, 1.165) is 11.3 Å². The van der Waals surface area contributed by atoms with E-state index in [9.17, 15) is 9.59 Å². The molecule has 0 spiro atoms. The molecule has 0 saturated carbocycles. The van der Waals surface area contributed by atoms with Gasteiger partial charge in [0.2, 0.25) is 5.43 Å². The molecule has 0 bridgehead atoms. The maximum absolute atomic E-state index is 12.6. The summed E-state index contributed by atoms with van der Waals surface area (Å²) >= 11 is 0. The monoisotopic (exact) mass is 421 g/mol. The standard InChI is InChI=1S/C24H27N3O4/c1-4-30-21-12-11-18(16-22(21)31-5-2)13-14-25-24(29)23-20(28)15-17(3)27(26-23)19-9-7-6-8-10-19/h6-12,15-16H,4-5,13-14H2,1-3H3,(H,25,29). The van der Waals surface area contributed by atoms with Crippen molar-refractivity contribution < 1.29 is 14.3 Å². The number of carbonyl (C=O) groups is 1. The molecule has 7 nitrogen and oxygen atoms in total. The number of hydrogen-bond acceptors (Lipinski definition) is 5. The first-order chi connectivity index (χ1) is 15.0. The number of nitrogens with one attached hydrogen (secondary N) is 1. The van der Waals surface area contributed by atoms with Gasteiger partial charge in [0.05, 0.1) is 18.9 Å². The smallest absolute Gasteiger partial charge is 0.275 e. The molecule has 2 aromatic carbocycles. The van der Waals surface area contributed by atoms with Crippen LogP contribution < -0.4 is 20.2 Å². The molecule has 0 radical (unpaired) electrons. The van der Waals surface area contributed by atoms with Crippen LogP contribution in [-0.2, 0) is 6.42 Å². The van der Waals surface area contributed by atoms with Crippen LogP contribution in [0.3, 0.4) is 0 Å². The van der Waals surface area contributed by atoms with E-state index in [4.69, 9.17) is 9.47 Å². The second-order valence-corrected chi connectivity index (χ2v) is 6.90. The number of amides is 1. The molecular weight excluding hydrogens is 394 g/mol. The van der Waals surface area contributed by atoms with Crippen LogP contribution in [0.15, 0.2) is 59.4 Å². The van der Waals surface area contributed by atoms with Gasteiger partial charge in [-0.3, -0.25) is 9.59 Å². The molecule has 162 valence electrons. The van der Waals surface area contributed by atoms with Crippen LogP contribution in [0.1, 0.15) is 35.6 Å². The lowest BCUT2D eigenvalue weighted by Gasteiger charge is -2.13. The van der Waals surface area contributed by atoms with Crippen LogP contribution in [0, 0.1) is 6.92 Å². The molecule has 7 heteroatoms. The summed E-state index contributed by atoms with van der Waals surface area (Å²) in [5.41, 5.74) is 1.90. The summed E-state index contributed by atoms with van der Waals surface area (Å²) in [7, 11) is 0. The van der Waals surface area contributed by atoms with Crippen molar-refractivity contribution >= 4 is 5.91 Å². The fourth-order valence-electron chi connectivity index (χ4n) is 3.19. The molecule has 0 aliphatic rings. The number of rotatable bonds is 9. The maximum Gasteiger partial charge on any atom is 0.275 e. The number of aromatic nitrogens is 2. The Labute approximate surface area is 181 Å². The van der Waals surface area contributed by atoms with E-state index >= 15 is 0 Å². The van der Waals surface area contributed by atoms with E-state index in [1.807, 2.05) is 62.4 Å². The average Bonchev–Trinajstić information content (AvgIpc) is 2.76. The molecule has 1 amide bonds. The minimum atomic E-state index is -0.495. The summed E-state index contributed by atoms with van der Waals surface area (Å²) in [5.74, 6) is 0.882. The van der Waals surface area contributed by atoms with E-state index in [0.29, 0.717) is 43.4 Å². The molecule has 0 atom stereocenters. The first-order valence-electron chi connectivity index (χ1n) is 10.4. The topological polar surface area (TPSA) is 82.5 Å². The fourth-order valence-corrected chi connectivity index (χ4v) is 3.19. The molecular formula is C24H27N3O4. The third kappa shape index (κ3) is 5.51. The Morgan fingerprint density at radius 3 is 2.42 bits per heavy atom. The van der Waals surface area contributed by atoms with Crippen molar-refractivity contribution in [1.82, 2.24) is 15.1 Å². The number of hydrogen-bond donors (Lipinski definition) is 1. The Morgan fingerprint density at radius 1 is 1.00 bits per heavy atom. The zero-order chi connectivity index (χ0) is 22.2. The number of para-hydroxylation sites is 1. The summed E-state index contributed by atoms with van der Waals surface area (Å²) in [6, 6.07) is 16.5. The largest absolute Gasteiger partial charge is 0.490 e. The van der Waals surface area contributed by atoms with Crippen LogP contribution in [-0.4, -0.2) is 35.4 Å². The van der Waals surface area contributed by atoms with Gasteiger partial charge in [-0.2, -0.15) is 5.10 Å². The number of aryl methyl sites for hydroxylation is 1. The van der Waals surface area contributed by atoms with Crippen molar-refractivity contribution in [1.29, 1.82) is 0 Å². The van der Waals surface area contributed by atoms with Gasteiger partial charge in [0.15, 0.2) is 17.2 Å². The van der Waals surface area contributed by atoms with E-state index in [-0.39, 0.29) is 5.69 Å². The van der Waals surface area contributed by atoms with E-state index in [1.54, 1.807) is 11.6 Å². The molecule has 0 fully saturated rings. The summed E-state index contributed by atoms with van der Waals surface area (Å²) in [6.45, 7) is 7.07. The van der Waals surface area contributed by atoms with E-state index in [2.05, 4.69) is 10.4 Å². The van der Waals surface area contributed by atoms with Gasteiger partial charge in [-0.15, -0.1) is 0 Å². The Kier molecular flexibility index (Phi) is 7.43. The van der Waals surface area contributed by atoms with Crippen LogP contribution in [0.25, 0.3) is 5.69 Å². The molecule has 1 heterocycles. The highest BCUT2D eigenvalue weighted by molar-refractivity contribution is 5.92. The molecule has 0 saturated heterocycles. The van der Waals surface area contributed by atoms with Gasteiger partial charge in [-0.05, 0) is 57.0 Å². The number of ether oxygens (including phenoxy) is 2. The molecule has 1 aromatic heterocycles.